The zero-order valence-electron chi connectivity index (χ0n) is 12.6. The summed E-state index contributed by atoms with van der Waals surface area (Å²) in [6.07, 6.45) is 2.46. The molecule has 1 aliphatic heterocycles. The molecule has 7 heteroatoms. The van der Waals surface area contributed by atoms with Gasteiger partial charge in [0.1, 0.15) is 5.82 Å². The molecule has 1 fully saturated rings. The first-order chi connectivity index (χ1) is 10.2. The molecule has 0 amide bonds. The standard InChI is InChI=1S/C15H21ClFN3O.HI/c1-2-18-15(20-10-12-4-3-7-21-12)19-9-11-5-6-14(17)13(16)8-11;/h5-6,8,12H,2-4,7,9-10H2,1H3,(H2,18,19,20);1H. The molecule has 1 aromatic carbocycles. The van der Waals surface area contributed by atoms with Gasteiger partial charge in [-0.25, -0.2) is 9.38 Å². The summed E-state index contributed by atoms with van der Waals surface area (Å²) in [5.74, 6) is 0.321. The summed E-state index contributed by atoms with van der Waals surface area (Å²) in [6.45, 7) is 4.82. The SMILES string of the molecule is CCNC(=NCc1ccc(F)c(Cl)c1)NCC1CCCO1.I. The minimum Gasteiger partial charge on any atom is -0.376 e. The molecule has 4 nitrogen and oxygen atoms in total. The van der Waals surface area contributed by atoms with Gasteiger partial charge in [0.2, 0.25) is 0 Å². The first-order valence-corrected chi connectivity index (χ1v) is 7.64. The summed E-state index contributed by atoms with van der Waals surface area (Å²) in [5, 5.41) is 6.57. The summed E-state index contributed by atoms with van der Waals surface area (Å²) in [4.78, 5) is 4.47. The molecule has 1 aliphatic rings. The number of hydrogen-bond acceptors (Lipinski definition) is 2. The van der Waals surface area contributed by atoms with Gasteiger partial charge in [-0.15, -0.1) is 24.0 Å². The van der Waals surface area contributed by atoms with Crippen molar-refractivity contribution in [3.63, 3.8) is 0 Å². The van der Waals surface area contributed by atoms with E-state index in [9.17, 15) is 4.39 Å². The lowest BCUT2D eigenvalue weighted by Crippen LogP contribution is -2.41. The van der Waals surface area contributed by atoms with Gasteiger partial charge in [-0.1, -0.05) is 17.7 Å². The summed E-state index contributed by atoms with van der Waals surface area (Å²) in [6, 6.07) is 4.65. The minimum atomic E-state index is -0.409. The van der Waals surface area contributed by atoms with Crippen LogP contribution in [0.1, 0.15) is 25.3 Å². The average Bonchev–Trinajstić information content (AvgIpc) is 2.99. The molecule has 1 aromatic rings. The Balaban J connectivity index is 0.00000242. The number of nitrogens with zero attached hydrogens (tertiary/aromatic N) is 1. The molecule has 22 heavy (non-hydrogen) atoms. The molecule has 1 saturated heterocycles. The van der Waals surface area contributed by atoms with Crippen molar-refractivity contribution in [2.24, 2.45) is 4.99 Å². The van der Waals surface area contributed by atoms with Gasteiger partial charge in [-0.2, -0.15) is 0 Å². The van der Waals surface area contributed by atoms with Crippen LogP contribution < -0.4 is 10.6 Å². The van der Waals surface area contributed by atoms with E-state index in [2.05, 4.69) is 15.6 Å². The van der Waals surface area contributed by atoms with E-state index in [4.69, 9.17) is 16.3 Å². The molecule has 2 rings (SSSR count). The number of rotatable bonds is 5. The van der Waals surface area contributed by atoms with E-state index in [1.807, 2.05) is 6.92 Å². The predicted molar refractivity (Wildman–Crippen MR) is 98.6 cm³/mol. The third kappa shape index (κ3) is 6.26. The maximum atomic E-state index is 13.1. The van der Waals surface area contributed by atoms with E-state index in [0.717, 1.165) is 44.1 Å². The molecule has 0 aliphatic carbocycles. The number of hydrogen-bond donors (Lipinski definition) is 2. The topological polar surface area (TPSA) is 45.7 Å². The lowest BCUT2D eigenvalue weighted by Gasteiger charge is -2.14. The van der Waals surface area contributed by atoms with Crippen LogP contribution in [0.4, 0.5) is 4.39 Å². The van der Waals surface area contributed by atoms with Gasteiger partial charge in [-0.05, 0) is 37.5 Å². The second-order valence-electron chi connectivity index (χ2n) is 4.96. The highest BCUT2D eigenvalue weighted by molar-refractivity contribution is 14.0. The first-order valence-electron chi connectivity index (χ1n) is 7.26. The third-order valence-electron chi connectivity index (χ3n) is 3.27. The normalized spacial score (nSPS) is 18.0. The van der Waals surface area contributed by atoms with Crippen LogP contribution in [0.5, 0.6) is 0 Å². The van der Waals surface area contributed by atoms with Crippen LogP contribution in [0, 0.1) is 5.82 Å². The van der Waals surface area contributed by atoms with Gasteiger partial charge in [0, 0.05) is 19.7 Å². The highest BCUT2D eigenvalue weighted by Crippen LogP contribution is 2.16. The zero-order chi connectivity index (χ0) is 15.1. The van der Waals surface area contributed by atoms with Gasteiger partial charge in [0.05, 0.1) is 17.7 Å². The maximum Gasteiger partial charge on any atom is 0.191 e. The molecular weight excluding hydrogens is 420 g/mol. The Morgan fingerprint density at radius 3 is 2.91 bits per heavy atom. The molecule has 124 valence electrons. The Morgan fingerprint density at radius 2 is 2.27 bits per heavy atom. The fraction of sp³-hybridized carbons (Fsp3) is 0.533. The summed E-state index contributed by atoms with van der Waals surface area (Å²) >= 11 is 5.77. The van der Waals surface area contributed by atoms with Gasteiger partial charge in [0.25, 0.3) is 0 Å². The minimum absolute atomic E-state index is 0. The van der Waals surface area contributed by atoms with Gasteiger partial charge >= 0.3 is 0 Å². The molecule has 0 radical (unpaired) electrons. The Bertz CT molecular complexity index is 496. The van der Waals surface area contributed by atoms with Crippen LogP contribution >= 0.6 is 35.6 Å². The van der Waals surface area contributed by atoms with Crippen LogP contribution in [-0.2, 0) is 11.3 Å². The van der Waals surface area contributed by atoms with Crippen molar-refractivity contribution >= 4 is 41.5 Å². The van der Waals surface area contributed by atoms with Crippen molar-refractivity contribution in [3.8, 4) is 0 Å². The number of halogens is 3. The zero-order valence-corrected chi connectivity index (χ0v) is 15.7. The fourth-order valence-corrected chi connectivity index (χ4v) is 2.37. The average molecular weight is 442 g/mol. The Morgan fingerprint density at radius 1 is 1.45 bits per heavy atom. The Kier molecular flexibility index (Phi) is 9.04. The van der Waals surface area contributed by atoms with E-state index in [1.165, 1.54) is 6.07 Å². The monoisotopic (exact) mass is 441 g/mol. The van der Waals surface area contributed by atoms with Crippen LogP contribution in [0.25, 0.3) is 0 Å². The fourth-order valence-electron chi connectivity index (χ4n) is 2.17. The highest BCUT2D eigenvalue weighted by atomic mass is 127. The van der Waals surface area contributed by atoms with Crippen molar-refractivity contribution < 1.29 is 9.13 Å². The van der Waals surface area contributed by atoms with Gasteiger partial charge in [-0.3, -0.25) is 0 Å². The molecule has 2 N–H and O–H groups in total. The number of nitrogens with one attached hydrogen (secondary N) is 2. The molecular formula is C15H22ClFIN3O. The second-order valence-corrected chi connectivity index (χ2v) is 5.37. The molecule has 1 heterocycles. The number of ether oxygens (including phenoxy) is 1. The molecule has 0 saturated carbocycles. The molecule has 1 atom stereocenters. The second kappa shape index (κ2) is 10.2. The first kappa shape index (κ1) is 19.4. The van der Waals surface area contributed by atoms with Crippen LogP contribution in [0.3, 0.4) is 0 Å². The van der Waals surface area contributed by atoms with E-state index in [-0.39, 0.29) is 35.1 Å². The number of aliphatic imine (C=N–C) groups is 1. The van der Waals surface area contributed by atoms with Gasteiger partial charge in [0.15, 0.2) is 5.96 Å². The highest BCUT2D eigenvalue weighted by Gasteiger charge is 2.15. The van der Waals surface area contributed by atoms with Crippen molar-refractivity contribution in [1.29, 1.82) is 0 Å². The lowest BCUT2D eigenvalue weighted by molar-refractivity contribution is 0.114. The summed E-state index contributed by atoms with van der Waals surface area (Å²) in [7, 11) is 0. The predicted octanol–water partition coefficient (Wildman–Crippen LogP) is 3.33. The van der Waals surface area contributed by atoms with E-state index in [1.54, 1.807) is 12.1 Å². The Labute approximate surface area is 152 Å². The molecule has 0 bridgehead atoms. The van der Waals surface area contributed by atoms with E-state index in [0.29, 0.717) is 6.54 Å². The Hall–Kier alpha value is -0.600. The third-order valence-corrected chi connectivity index (χ3v) is 3.56. The van der Waals surface area contributed by atoms with Crippen molar-refractivity contribution in [2.75, 3.05) is 19.7 Å². The molecule has 0 spiro atoms. The quantitative estimate of drug-likeness (QED) is 0.419. The molecule has 0 aromatic heterocycles. The molecule has 1 unspecified atom stereocenters. The van der Waals surface area contributed by atoms with Gasteiger partial charge < -0.3 is 15.4 Å². The smallest absolute Gasteiger partial charge is 0.191 e. The number of benzene rings is 1. The lowest BCUT2D eigenvalue weighted by atomic mass is 10.2. The van der Waals surface area contributed by atoms with Crippen LogP contribution in [0.2, 0.25) is 5.02 Å². The van der Waals surface area contributed by atoms with Crippen molar-refractivity contribution in [3.05, 3.63) is 34.6 Å². The maximum absolute atomic E-state index is 13.1. The number of guanidine groups is 1. The van der Waals surface area contributed by atoms with Crippen molar-refractivity contribution in [2.45, 2.75) is 32.4 Å². The van der Waals surface area contributed by atoms with Crippen LogP contribution in [-0.4, -0.2) is 31.8 Å². The van der Waals surface area contributed by atoms with E-state index < -0.39 is 5.82 Å². The summed E-state index contributed by atoms with van der Waals surface area (Å²) in [5.41, 5.74) is 0.871. The van der Waals surface area contributed by atoms with E-state index >= 15 is 0 Å². The summed E-state index contributed by atoms with van der Waals surface area (Å²) < 4.78 is 18.7. The van der Waals surface area contributed by atoms with Crippen molar-refractivity contribution in [1.82, 2.24) is 10.6 Å². The van der Waals surface area contributed by atoms with Crippen LogP contribution in [0.15, 0.2) is 23.2 Å². The largest absolute Gasteiger partial charge is 0.376 e.